The van der Waals surface area contributed by atoms with E-state index in [4.69, 9.17) is 22.6 Å². The predicted octanol–water partition coefficient (Wildman–Crippen LogP) is 3.31. The van der Waals surface area contributed by atoms with Crippen LogP contribution >= 0.6 is 22.1 Å². The molecule has 0 bridgehead atoms. The maximum Gasteiger partial charge on any atom is 0.276 e. The van der Waals surface area contributed by atoms with Crippen LogP contribution in [-0.2, 0) is 5.54 Å². The second-order valence-electron chi connectivity index (χ2n) is 8.49. The predicted molar refractivity (Wildman–Crippen MR) is 126 cm³/mol. The van der Waals surface area contributed by atoms with Gasteiger partial charge in [0.25, 0.3) is 5.91 Å². The first-order valence-corrected chi connectivity index (χ1v) is 12.3. The number of nitrogens with zero attached hydrogens (tertiary/aromatic N) is 4. The Morgan fingerprint density at radius 3 is 2.91 bits per heavy atom. The first-order chi connectivity index (χ1) is 15.5. The van der Waals surface area contributed by atoms with Crippen molar-refractivity contribution in [2.75, 3.05) is 17.6 Å². The van der Waals surface area contributed by atoms with Gasteiger partial charge in [-0.25, -0.2) is 14.4 Å². The van der Waals surface area contributed by atoms with Crippen molar-refractivity contribution in [3.05, 3.63) is 52.2 Å². The number of carbonyl (C=O) groups is 1. The van der Waals surface area contributed by atoms with Gasteiger partial charge >= 0.3 is 0 Å². The van der Waals surface area contributed by atoms with Crippen molar-refractivity contribution in [3.8, 4) is 6.07 Å². The summed E-state index contributed by atoms with van der Waals surface area (Å²) in [4.78, 5) is 25.5. The Labute approximate surface area is 196 Å². The maximum absolute atomic E-state index is 14.9. The Morgan fingerprint density at radius 2 is 2.21 bits per heavy atom. The molecular weight excluding hydrogens is 469 g/mol. The van der Waals surface area contributed by atoms with E-state index in [1.165, 1.54) is 24.4 Å². The van der Waals surface area contributed by atoms with Gasteiger partial charge in [-0.15, -0.1) is 0 Å². The fourth-order valence-corrected chi connectivity index (χ4v) is 7.54. The summed E-state index contributed by atoms with van der Waals surface area (Å²) < 4.78 is 28.9. The summed E-state index contributed by atoms with van der Waals surface area (Å²) in [6, 6.07) is 5.69. The summed E-state index contributed by atoms with van der Waals surface area (Å²) in [6.07, 6.45) is 2.75. The highest BCUT2D eigenvalue weighted by Crippen LogP contribution is 2.62. The molecule has 3 unspecified atom stereocenters. The number of nitrogens with two attached hydrogens (primary N) is 1. The lowest BCUT2D eigenvalue weighted by atomic mass is 9.96. The molecule has 4 rings (SSSR count). The van der Waals surface area contributed by atoms with Crippen molar-refractivity contribution >= 4 is 39.7 Å². The monoisotopic (exact) mass is 491 g/mol. The zero-order valence-electron chi connectivity index (χ0n) is 18.0. The van der Waals surface area contributed by atoms with E-state index >= 15 is 0 Å². The summed E-state index contributed by atoms with van der Waals surface area (Å²) in [5.74, 6) is -0.867. The van der Waals surface area contributed by atoms with Crippen molar-refractivity contribution in [2.45, 2.75) is 37.0 Å². The van der Waals surface area contributed by atoms with Crippen LogP contribution in [0.25, 0.3) is 0 Å². The highest BCUT2D eigenvalue weighted by Gasteiger charge is 2.55. The SMILES string of the molecule is CC1(c2nc(NC(=O)c3ncc(C#N)cc3Cl)ccc2F)CS2(O)NCCCC2(C)C(N)=N1. The van der Waals surface area contributed by atoms with Crippen molar-refractivity contribution in [2.24, 2.45) is 10.7 Å². The number of carbonyl (C=O) groups excluding carboxylic acids is 1. The molecule has 9 nitrogen and oxygen atoms in total. The zero-order valence-corrected chi connectivity index (χ0v) is 19.6. The molecule has 12 heteroatoms. The lowest BCUT2D eigenvalue weighted by Crippen LogP contribution is -2.60. The summed E-state index contributed by atoms with van der Waals surface area (Å²) in [7, 11) is -2.45. The Morgan fingerprint density at radius 1 is 1.45 bits per heavy atom. The molecule has 2 aromatic heterocycles. The molecule has 2 aromatic rings. The summed E-state index contributed by atoms with van der Waals surface area (Å²) >= 11 is 6.06. The van der Waals surface area contributed by atoms with Crippen LogP contribution in [0.5, 0.6) is 0 Å². The average Bonchev–Trinajstić information content (AvgIpc) is 2.76. The zero-order chi connectivity index (χ0) is 24.0. The highest BCUT2D eigenvalue weighted by atomic mass is 35.5. The van der Waals surface area contributed by atoms with E-state index < -0.39 is 32.5 Å². The molecule has 0 spiro atoms. The molecule has 1 fully saturated rings. The van der Waals surface area contributed by atoms with E-state index in [0.717, 1.165) is 6.42 Å². The van der Waals surface area contributed by atoms with Crippen molar-refractivity contribution in [1.29, 1.82) is 5.26 Å². The third kappa shape index (κ3) is 3.93. The fourth-order valence-electron chi connectivity index (χ4n) is 4.18. The molecule has 5 N–H and O–H groups in total. The number of pyridine rings is 2. The number of amidine groups is 1. The molecule has 0 saturated carbocycles. The minimum absolute atomic E-state index is 0.000943. The lowest BCUT2D eigenvalue weighted by Gasteiger charge is -2.57. The van der Waals surface area contributed by atoms with Gasteiger partial charge in [0.15, 0.2) is 0 Å². The van der Waals surface area contributed by atoms with Crippen LogP contribution in [0.1, 0.15) is 48.4 Å². The van der Waals surface area contributed by atoms with Crippen LogP contribution in [-0.4, -0.2) is 43.3 Å². The molecule has 1 saturated heterocycles. The molecule has 0 radical (unpaired) electrons. The smallest absolute Gasteiger partial charge is 0.276 e. The van der Waals surface area contributed by atoms with Gasteiger partial charge in [-0.1, -0.05) is 22.1 Å². The third-order valence-corrected chi connectivity index (χ3v) is 9.95. The van der Waals surface area contributed by atoms with E-state index in [0.29, 0.717) is 13.0 Å². The minimum Gasteiger partial charge on any atom is -0.386 e. The summed E-state index contributed by atoms with van der Waals surface area (Å²) in [5, 5.41) is 11.5. The number of anilines is 1. The third-order valence-electron chi connectivity index (χ3n) is 6.10. The molecule has 0 aromatic carbocycles. The van der Waals surface area contributed by atoms with Gasteiger partial charge < -0.3 is 15.6 Å². The molecular formula is C21H23ClFN7O2S. The van der Waals surface area contributed by atoms with Crippen LogP contribution in [0.3, 0.4) is 0 Å². The van der Waals surface area contributed by atoms with E-state index in [2.05, 4.69) is 25.0 Å². The van der Waals surface area contributed by atoms with Crippen molar-refractivity contribution in [1.82, 2.24) is 14.7 Å². The molecule has 2 aliphatic rings. The van der Waals surface area contributed by atoms with Gasteiger partial charge in [0, 0.05) is 18.5 Å². The van der Waals surface area contributed by atoms with E-state index in [1.807, 2.05) is 13.0 Å². The number of halogens is 2. The number of hydrogen-bond acceptors (Lipinski definition) is 8. The van der Waals surface area contributed by atoms with Gasteiger partial charge in [-0.3, -0.25) is 14.5 Å². The quantitative estimate of drug-likeness (QED) is 0.514. The summed E-state index contributed by atoms with van der Waals surface area (Å²) in [6.45, 7) is 4.17. The molecule has 1 amide bonds. The fraction of sp³-hybridized carbons (Fsp3) is 0.381. The van der Waals surface area contributed by atoms with Gasteiger partial charge in [0.2, 0.25) is 0 Å². The largest absolute Gasteiger partial charge is 0.386 e. The summed E-state index contributed by atoms with van der Waals surface area (Å²) in [5.41, 5.74) is 5.13. The number of amides is 1. The van der Waals surface area contributed by atoms with Crippen LogP contribution < -0.4 is 15.8 Å². The number of hydrogen-bond donors (Lipinski definition) is 4. The number of nitrogens with one attached hydrogen (secondary N) is 2. The number of rotatable bonds is 3. The molecule has 33 heavy (non-hydrogen) atoms. The average molecular weight is 492 g/mol. The van der Waals surface area contributed by atoms with E-state index in [9.17, 15) is 13.7 Å². The van der Waals surface area contributed by atoms with Gasteiger partial charge in [-0.2, -0.15) is 5.26 Å². The van der Waals surface area contributed by atoms with Crippen LogP contribution in [0.2, 0.25) is 5.02 Å². The molecule has 0 aliphatic carbocycles. The number of aliphatic imine (C=N–C) groups is 1. The van der Waals surface area contributed by atoms with Crippen LogP contribution in [0.4, 0.5) is 10.2 Å². The van der Waals surface area contributed by atoms with Gasteiger partial charge in [-0.05, 0) is 44.9 Å². The lowest BCUT2D eigenvalue weighted by molar-refractivity contribution is 0.102. The molecule has 4 heterocycles. The number of nitriles is 1. The van der Waals surface area contributed by atoms with Crippen molar-refractivity contribution < 1.29 is 13.7 Å². The maximum atomic E-state index is 14.9. The Balaban J connectivity index is 1.68. The minimum atomic E-state index is -2.45. The van der Waals surface area contributed by atoms with Gasteiger partial charge in [0.05, 0.1) is 15.3 Å². The second-order valence-corrected chi connectivity index (χ2v) is 11.8. The topological polar surface area (TPSA) is 149 Å². The standard InChI is InChI=1S/C21H23ClFN7O2S/c1-20(11-33(32)21(2,19(25)30-20)6-3-7-27-33)17-14(23)4-5-15(28-17)29-18(31)16-13(22)8-12(9-24)10-26-16/h4-5,8,10,27,32H,3,6-7,11H2,1-2H3,(H2,25,30)(H,28,29,31). The Kier molecular flexibility index (Phi) is 5.82. The van der Waals surface area contributed by atoms with Crippen molar-refractivity contribution in [3.63, 3.8) is 0 Å². The van der Waals surface area contributed by atoms with E-state index in [-0.39, 0.29) is 39.4 Å². The first kappa shape index (κ1) is 23.4. The molecule has 174 valence electrons. The number of aromatic nitrogens is 2. The highest BCUT2D eigenvalue weighted by molar-refractivity contribution is 8.29. The first-order valence-electron chi connectivity index (χ1n) is 10.2. The van der Waals surface area contributed by atoms with E-state index in [1.54, 1.807) is 6.92 Å². The normalized spacial score (nSPS) is 30.8. The number of fused-ring (bicyclic) bond motifs is 1. The molecule has 2 aliphatic heterocycles. The Hall–Kier alpha value is -2.78. The second kappa shape index (κ2) is 8.22. The van der Waals surface area contributed by atoms with Gasteiger partial charge in [0.1, 0.15) is 40.5 Å². The van der Waals surface area contributed by atoms with Crippen LogP contribution in [0, 0.1) is 17.1 Å². The van der Waals surface area contributed by atoms with Crippen LogP contribution in [0.15, 0.2) is 29.4 Å². The Bertz CT molecular complexity index is 1220. The molecule has 3 atom stereocenters.